The second kappa shape index (κ2) is 8.89. The quantitative estimate of drug-likeness (QED) is 0.430. The number of rotatable bonds is 6. The van der Waals surface area contributed by atoms with E-state index >= 15 is 0 Å². The van der Waals surface area contributed by atoms with Crippen LogP contribution < -0.4 is 10.1 Å². The van der Waals surface area contributed by atoms with Gasteiger partial charge in [0, 0.05) is 27.7 Å². The summed E-state index contributed by atoms with van der Waals surface area (Å²) >= 11 is 5.98. The first-order chi connectivity index (χ1) is 15.0. The highest BCUT2D eigenvalue weighted by Gasteiger charge is 2.14. The highest BCUT2D eigenvalue weighted by atomic mass is 35.5. The monoisotopic (exact) mass is 436 g/mol. The number of esters is 1. The molecule has 2 aromatic heterocycles. The number of amides is 1. The molecular formula is C23H17ClN2O5. The predicted molar refractivity (Wildman–Crippen MR) is 116 cm³/mol. The summed E-state index contributed by atoms with van der Waals surface area (Å²) in [6.07, 6.45) is 1.43. The standard InChI is InChI=1S/C23H17ClN2O5/c1-29-22(27)13-31-21-12-19(14-4-6-15(24)7-5-14)26-18-9-8-16(11-17(18)21)25-23(28)20-3-2-10-30-20/h2-12H,13H2,1H3,(H,25,28). The molecular weight excluding hydrogens is 420 g/mol. The van der Waals surface area contributed by atoms with Crippen molar-refractivity contribution in [2.75, 3.05) is 19.0 Å². The van der Waals surface area contributed by atoms with Gasteiger partial charge in [-0.15, -0.1) is 0 Å². The topological polar surface area (TPSA) is 90.7 Å². The normalized spacial score (nSPS) is 10.6. The predicted octanol–water partition coefficient (Wildman–Crippen LogP) is 4.95. The molecule has 4 aromatic rings. The minimum absolute atomic E-state index is 0.193. The van der Waals surface area contributed by atoms with E-state index in [1.54, 1.807) is 48.5 Å². The molecule has 31 heavy (non-hydrogen) atoms. The van der Waals surface area contributed by atoms with Crippen molar-refractivity contribution in [1.82, 2.24) is 4.98 Å². The molecule has 2 heterocycles. The lowest BCUT2D eigenvalue weighted by Crippen LogP contribution is -2.13. The van der Waals surface area contributed by atoms with Crippen molar-refractivity contribution in [3.63, 3.8) is 0 Å². The number of hydrogen-bond acceptors (Lipinski definition) is 6. The summed E-state index contributed by atoms with van der Waals surface area (Å²) in [6, 6.07) is 17.4. The fraction of sp³-hybridized carbons (Fsp3) is 0.0870. The van der Waals surface area contributed by atoms with Gasteiger partial charge in [0.25, 0.3) is 5.91 Å². The summed E-state index contributed by atoms with van der Waals surface area (Å²) in [5.74, 6) is -0.277. The third kappa shape index (κ3) is 4.67. The van der Waals surface area contributed by atoms with Crippen molar-refractivity contribution in [3.05, 3.63) is 77.7 Å². The number of furan rings is 1. The van der Waals surface area contributed by atoms with Crippen LogP contribution in [-0.2, 0) is 9.53 Å². The zero-order chi connectivity index (χ0) is 21.8. The van der Waals surface area contributed by atoms with Gasteiger partial charge in [0.05, 0.1) is 24.6 Å². The fourth-order valence-electron chi connectivity index (χ4n) is 2.96. The van der Waals surface area contributed by atoms with Crippen LogP contribution in [0.15, 0.2) is 71.3 Å². The number of hydrogen-bond donors (Lipinski definition) is 1. The zero-order valence-electron chi connectivity index (χ0n) is 16.4. The summed E-state index contributed by atoms with van der Waals surface area (Å²) in [7, 11) is 1.29. The lowest BCUT2D eigenvalue weighted by molar-refractivity contribution is -0.142. The van der Waals surface area contributed by atoms with E-state index in [4.69, 9.17) is 20.8 Å². The first-order valence-corrected chi connectivity index (χ1v) is 9.66. The molecule has 2 aromatic carbocycles. The van der Waals surface area contributed by atoms with E-state index in [2.05, 4.69) is 15.0 Å². The molecule has 0 saturated heterocycles. The fourth-order valence-corrected chi connectivity index (χ4v) is 3.08. The van der Waals surface area contributed by atoms with E-state index < -0.39 is 5.97 Å². The summed E-state index contributed by atoms with van der Waals surface area (Å²) < 4.78 is 15.5. The van der Waals surface area contributed by atoms with Crippen LogP contribution in [0.2, 0.25) is 5.02 Å². The van der Waals surface area contributed by atoms with E-state index in [1.807, 2.05) is 12.1 Å². The first-order valence-electron chi connectivity index (χ1n) is 9.29. The molecule has 156 valence electrons. The Kier molecular flexibility index (Phi) is 5.86. The van der Waals surface area contributed by atoms with Crippen molar-refractivity contribution < 1.29 is 23.5 Å². The van der Waals surface area contributed by atoms with Crippen LogP contribution in [0.25, 0.3) is 22.2 Å². The summed E-state index contributed by atoms with van der Waals surface area (Å²) in [6.45, 7) is -0.265. The van der Waals surface area contributed by atoms with Crippen LogP contribution in [0, 0.1) is 0 Å². The number of pyridine rings is 1. The number of carbonyl (C=O) groups excluding carboxylic acids is 2. The molecule has 7 nitrogen and oxygen atoms in total. The Morgan fingerprint density at radius 2 is 1.90 bits per heavy atom. The van der Waals surface area contributed by atoms with Crippen LogP contribution >= 0.6 is 11.6 Å². The van der Waals surface area contributed by atoms with E-state index in [1.165, 1.54) is 13.4 Å². The lowest BCUT2D eigenvalue weighted by atomic mass is 10.1. The average Bonchev–Trinajstić information content (AvgIpc) is 3.33. The van der Waals surface area contributed by atoms with Gasteiger partial charge in [-0.25, -0.2) is 9.78 Å². The van der Waals surface area contributed by atoms with Gasteiger partial charge in [0.15, 0.2) is 12.4 Å². The van der Waals surface area contributed by atoms with Gasteiger partial charge in [-0.1, -0.05) is 23.7 Å². The molecule has 0 radical (unpaired) electrons. The van der Waals surface area contributed by atoms with Gasteiger partial charge < -0.3 is 19.2 Å². The summed E-state index contributed by atoms with van der Waals surface area (Å²) in [5.41, 5.74) is 2.64. The van der Waals surface area contributed by atoms with Crippen molar-refractivity contribution >= 4 is 40.1 Å². The van der Waals surface area contributed by atoms with Crippen molar-refractivity contribution in [1.29, 1.82) is 0 Å². The average molecular weight is 437 g/mol. The highest BCUT2D eigenvalue weighted by molar-refractivity contribution is 6.30. The van der Waals surface area contributed by atoms with Crippen LogP contribution in [0.5, 0.6) is 5.75 Å². The summed E-state index contributed by atoms with van der Waals surface area (Å²) in [5, 5.41) is 4.01. The van der Waals surface area contributed by atoms with Crippen molar-refractivity contribution in [2.24, 2.45) is 0 Å². The molecule has 0 fully saturated rings. The largest absolute Gasteiger partial charge is 0.481 e. The maximum Gasteiger partial charge on any atom is 0.343 e. The van der Waals surface area contributed by atoms with Gasteiger partial charge >= 0.3 is 5.97 Å². The second-order valence-corrected chi connectivity index (χ2v) is 6.98. The number of aromatic nitrogens is 1. The van der Waals surface area contributed by atoms with Crippen molar-refractivity contribution in [3.8, 4) is 17.0 Å². The molecule has 1 amide bonds. The molecule has 1 N–H and O–H groups in total. The number of benzene rings is 2. The third-order valence-electron chi connectivity index (χ3n) is 4.49. The van der Waals surface area contributed by atoms with Gasteiger partial charge in [-0.05, 0) is 42.5 Å². The van der Waals surface area contributed by atoms with E-state index in [0.29, 0.717) is 33.1 Å². The van der Waals surface area contributed by atoms with Crippen LogP contribution in [0.1, 0.15) is 10.6 Å². The number of nitrogens with one attached hydrogen (secondary N) is 1. The third-order valence-corrected chi connectivity index (χ3v) is 4.74. The van der Waals surface area contributed by atoms with E-state index in [-0.39, 0.29) is 18.3 Å². The van der Waals surface area contributed by atoms with Gasteiger partial charge in [0.1, 0.15) is 5.75 Å². The molecule has 0 saturated carbocycles. The Morgan fingerprint density at radius 1 is 1.10 bits per heavy atom. The van der Waals surface area contributed by atoms with Gasteiger partial charge in [-0.3, -0.25) is 4.79 Å². The smallest absolute Gasteiger partial charge is 0.343 e. The minimum Gasteiger partial charge on any atom is -0.481 e. The molecule has 0 unspecified atom stereocenters. The molecule has 0 aliphatic rings. The molecule has 4 rings (SSSR count). The lowest BCUT2D eigenvalue weighted by Gasteiger charge is -2.12. The van der Waals surface area contributed by atoms with E-state index in [0.717, 1.165) is 5.56 Å². The van der Waals surface area contributed by atoms with Gasteiger partial charge in [-0.2, -0.15) is 0 Å². The highest BCUT2D eigenvalue weighted by Crippen LogP contribution is 2.32. The summed E-state index contributed by atoms with van der Waals surface area (Å²) in [4.78, 5) is 28.6. The molecule has 8 heteroatoms. The van der Waals surface area contributed by atoms with Crippen molar-refractivity contribution in [2.45, 2.75) is 0 Å². The molecule has 0 aliphatic heterocycles. The number of nitrogens with zero attached hydrogens (tertiary/aromatic N) is 1. The number of anilines is 1. The van der Waals surface area contributed by atoms with Crippen LogP contribution in [0.4, 0.5) is 5.69 Å². The Morgan fingerprint density at radius 3 is 2.61 bits per heavy atom. The Balaban J connectivity index is 1.73. The van der Waals surface area contributed by atoms with Crippen LogP contribution in [0.3, 0.4) is 0 Å². The number of methoxy groups -OCH3 is 1. The zero-order valence-corrected chi connectivity index (χ0v) is 17.2. The molecule has 0 atom stereocenters. The number of ether oxygens (including phenoxy) is 2. The van der Waals surface area contributed by atoms with Gasteiger partial charge in [0.2, 0.25) is 0 Å². The number of carbonyl (C=O) groups is 2. The Hall–Kier alpha value is -3.84. The Labute approximate surface area is 182 Å². The number of fused-ring (bicyclic) bond motifs is 1. The van der Waals surface area contributed by atoms with E-state index in [9.17, 15) is 9.59 Å². The second-order valence-electron chi connectivity index (χ2n) is 6.54. The first kappa shape index (κ1) is 20.4. The van der Waals surface area contributed by atoms with Crippen LogP contribution in [-0.4, -0.2) is 30.6 Å². The maximum absolute atomic E-state index is 12.3. The molecule has 0 spiro atoms. The SMILES string of the molecule is COC(=O)COc1cc(-c2ccc(Cl)cc2)nc2ccc(NC(=O)c3ccco3)cc12. The number of halogens is 1. The molecule has 0 aliphatic carbocycles. The maximum atomic E-state index is 12.3. The Bertz CT molecular complexity index is 1240. The minimum atomic E-state index is -0.514. The molecule has 0 bridgehead atoms.